The molecule has 0 aliphatic carbocycles. The Bertz CT molecular complexity index is 824. The summed E-state index contributed by atoms with van der Waals surface area (Å²) in [6.07, 6.45) is 5.12. The summed E-state index contributed by atoms with van der Waals surface area (Å²) in [4.78, 5) is 12.1. The summed E-state index contributed by atoms with van der Waals surface area (Å²) in [7, 11) is 0. The summed E-state index contributed by atoms with van der Waals surface area (Å²) < 4.78 is 39.8. The van der Waals surface area contributed by atoms with E-state index in [1.807, 2.05) is 6.92 Å². The van der Waals surface area contributed by atoms with Crippen molar-refractivity contribution in [3.8, 4) is 22.6 Å². The van der Waals surface area contributed by atoms with Gasteiger partial charge in [0.25, 0.3) is 0 Å². The van der Waals surface area contributed by atoms with Crippen LogP contribution in [0.3, 0.4) is 0 Å². The van der Waals surface area contributed by atoms with Crippen LogP contribution in [0.15, 0.2) is 36.4 Å². The maximum atomic E-state index is 14.6. The Hall–Kier alpha value is -2.14. The SMILES string of the molecule is CCCCCCOc1ccc(-c2ccc(OC(=O)C(Cl)C(C)CC)c(F)c2F)cc1. The Morgan fingerprint density at radius 3 is 2.33 bits per heavy atom. The summed E-state index contributed by atoms with van der Waals surface area (Å²) in [5, 5.41) is -0.924. The van der Waals surface area contributed by atoms with E-state index in [4.69, 9.17) is 21.1 Å². The molecular weight excluding hydrogens is 410 g/mol. The summed E-state index contributed by atoms with van der Waals surface area (Å²) in [5.41, 5.74) is 0.573. The molecule has 164 valence electrons. The van der Waals surface area contributed by atoms with E-state index in [0.717, 1.165) is 12.8 Å². The number of carbonyl (C=O) groups is 1. The zero-order valence-corrected chi connectivity index (χ0v) is 18.5. The predicted molar refractivity (Wildman–Crippen MR) is 116 cm³/mol. The number of esters is 1. The maximum Gasteiger partial charge on any atom is 0.329 e. The molecule has 0 saturated heterocycles. The summed E-state index contributed by atoms with van der Waals surface area (Å²) in [6, 6.07) is 9.42. The zero-order valence-electron chi connectivity index (χ0n) is 17.7. The fraction of sp³-hybridized carbons (Fsp3) is 0.458. The second-order valence-electron chi connectivity index (χ2n) is 7.38. The molecule has 3 nitrogen and oxygen atoms in total. The number of rotatable bonds is 11. The summed E-state index contributed by atoms with van der Waals surface area (Å²) in [6.45, 7) is 6.45. The lowest BCUT2D eigenvalue weighted by Crippen LogP contribution is -2.27. The van der Waals surface area contributed by atoms with Gasteiger partial charge < -0.3 is 9.47 Å². The lowest BCUT2D eigenvalue weighted by atomic mass is 10.0. The van der Waals surface area contributed by atoms with Crippen molar-refractivity contribution in [3.63, 3.8) is 0 Å². The lowest BCUT2D eigenvalue weighted by molar-refractivity contribution is -0.135. The van der Waals surface area contributed by atoms with Crippen molar-refractivity contribution in [1.82, 2.24) is 0 Å². The third-order valence-corrected chi connectivity index (χ3v) is 5.67. The van der Waals surface area contributed by atoms with Crippen molar-refractivity contribution in [2.75, 3.05) is 6.61 Å². The van der Waals surface area contributed by atoms with Gasteiger partial charge in [0, 0.05) is 5.56 Å². The molecule has 0 aliphatic rings. The molecule has 2 rings (SSSR count). The zero-order chi connectivity index (χ0) is 22.1. The van der Waals surface area contributed by atoms with E-state index in [1.54, 1.807) is 31.2 Å². The highest BCUT2D eigenvalue weighted by atomic mass is 35.5. The first-order chi connectivity index (χ1) is 14.4. The second-order valence-corrected chi connectivity index (χ2v) is 7.85. The molecule has 2 unspecified atom stereocenters. The first-order valence-corrected chi connectivity index (χ1v) is 10.9. The standard InChI is InChI=1S/C24H29ClF2O3/c1-4-6-7-8-15-29-18-11-9-17(10-12-18)19-13-14-20(23(27)22(19)26)30-24(28)21(25)16(3)5-2/h9-14,16,21H,4-8,15H2,1-3H3. The van der Waals surface area contributed by atoms with Crippen LogP contribution in [0, 0.1) is 17.6 Å². The Kier molecular flexibility index (Phi) is 9.57. The van der Waals surface area contributed by atoms with Crippen molar-refractivity contribution in [3.05, 3.63) is 48.0 Å². The molecule has 0 fully saturated rings. The van der Waals surface area contributed by atoms with Gasteiger partial charge in [-0.15, -0.1) is 11.6 Å². The minimum absolute atomic E-state index is 0.0751. The number of halogens is 3. The van der Waals surface area contributed by atoms with E-state index in [1.165, 1.54) is 25.0 Å². The number of alkyl halides is 1. The molecule has 0 aromatic heterocycles. The highest BCUT2D eigenvalue weighted by Gasteiger charge is 2.25. The number of carbonyl (C=O) groups excluding carboxylic acids is 1. The van der Waals surface area contributed by atoms with Crippen LogP contribution in [-0.4, -0.2) is 18.0 Å². The van der Waals surface area contributed by atoms with Crippen molar-refractivity contribution < 1.29 is 23.0 Å². The molecule has 0 spiro atoms. The number of ether oxygens (including phenoxy) is 2. The molecule has 30 heavy (non-hydrogen) atoms. The van der Waals surface area contributed by atoms with E-state index in [0.29, 0.717) is 24.3 Å². The summed E-state index contributed by atoms with van der Waals surface area (Å²) in [5.74, 6) is -3.02. The number of unbranched alkanes of at least 4 members (excludes halogenated alkanes) is 3. The molecule has 0 N–H and O–H groups in total. The Morgan fingerprint density at radius 2 is 1.70 bits per heavy atom. The van der Waals surface area contributed by atoms with Crippen molar-refractivity contribution >= 4 is 17.6 Å². The molecule has 0 amide bonds. The quantitative estimate of drug-likeness (QED) is 0.162. The second kappa shape index (κ2) is 11.9. The van der Waals surface area contributed by atoms with E-state index in [-0.39, 0.29) is 11.5 Å². The average Bonchev–Trinajstić information content (AvgIpc) is 2.76. The molecule has 2 atom stereocenters. The van der Waals surface area contributed by atoms with Gasteiger partial charge in [0.1, 0.15) is 11.1 Å². The van der Waals surface area contributed by atoms with Crippen molar-refractivity contribution in [2.24, 2.45) is 5.92 Å². The molecule has 2 aromatic carbocycles. The summed E-state index contributed by atoms with van der Waals surface area (Å²) >= 11 is 6.02. The van der Waals surface area contributed by atoms with E-state index < -0.39 is 28.7 Å². The van der Waals surface area contributed by atoms with Crippen molar-refractivity contribution in [2.45, 2.75) is 58.3 Å². The van der Waals surface area contributed by atoms with Gasteiger partial charge in [0.05, 0.1) is 6.61 Å². The third-order valence-electron chi connectivity index (χ3n) is 5.06. The van der Waals surface area contributed by atoms with Gasteiger partial charge in [0.15, 0.2) is 11.6 Å². The molecule has 0 aliphatic heterocycles. The Balaban J connectivity index is 2.07. The van der Waals surface area contributed by atoms with Crippen LogP contribution >= 0.6 is 11.6 Å². The molecule has 0 saturated carbocycles. The van der Waals surface area contributed by atoms with Gasteiger partial charge in [0.2, 0.25) is 5.82 Å². The van der Waals surface area contributed by atoms with E-state index in [2.05, 4.69) is 6.92 Å². The van der Waals surface area contributed by atoms with Gasteiger partial charge >= 0.3 is 5.97 Å². The normalized spacial score (nSPS) is 13.0. The molecule has 0 bridgehead atoms. The van der Waals surface area contributed by atoms with Gasteiger partial charge in [-0.2, -0.15) is 4.39 Å². The lowest BCUT2D eigenvalue weighted by Gasteiger charge is -2.15. The number of benzene rings is 2. The highest BCUT2D eigenvalue weighted by Crippen LogP contribution is 2.31. The monoisotopic (exact) mass is 438 g/mol. The van der Waals surface area contributed by atoms with Gasteiger partial charge in [-0.1, -0.05) is 58.6 Å². The van der Waals surface area contributed by atoms with Crippen LogP contribution in [0.1, 0.15) is 52.9 Å². The fourth-order valence-corrected chi connectivity index (χ4v) is 3.11. The van der Waals surface area contributed by atoms with Gasteiger partial charge in [-0.25, -0.2) is 4.39 Å². The largest absolute Gasteiger partial charge is 0.494 e. The smallest absolute Gasteiger partial charge is 0.329 e. The van der Waals surface area contributed by atoms with Crippen LogP contribution in [-0.2, 0) is 4.79 Å². The Labute approximate surface area is 182 Å². The first-order valence-electron chi connectivity index (χ1n) is 10.5. The van der Waals surface area contributed by atoms with Crippen LogP contribution in [0.2, 0.25) is 0 Å². The van der Waals surface area contributed by atoms with Crippen LogP contribution in [0.25, 0.3) is 11.1 Å². The third kappa shape index (κ3) is 6.43. The van der Waals surface area contributed by atoms with Gasteiger partial charge in [-0.05, 0) is 42.2 Å². The minimum atomic E-state index is -1.22. The fourth-order valence-electron chi connectivity index (χ4n) is 2.89. The van der Waals surface area contributed by atoms with E-state index >= 15 is 0 Å². The molecule has 0 heterocycles. The molecule has 2 aromatic rings. The van der Waals surface area contributed by atoms with Crippen molar-refractivity contribution in [1.29, 1.82) is 0 Å². The van der Waals surface area contributed by atoms with E-state index in [9.17, 15) is 13.6 Å². The minimum Gasteiger partial charge on any atom is -0.494 e. The highest BCUT2D eigenvalue weighted by molar-refractivity contribution is 6.30. The average molecular weight is 439 g/mol. The predicted octanol–water partition coefficient (Wildman–Crippen LogP) is 7.15. The maximum absolute atomic E-state index is 14.6. The number of hydrogen-bond donors (Lipinski definition) is 0. The van der Waals surface area contributed by atoms with Crippen LogP contribution in [0.5, 0.6) is 11.5 Å². The first kappa shape index (κ1) is 24.1. The van der Waals surface area contributed by atoms with Gasteiger partial charge in [-0.3, -0.25) is 4.79 Å². The topological polar surface area (TPSA) is 35.5 Å². The van der Waals surface area contributed by atoms with Crippen LogP contribution in [0.4, 0.5) is 8.78 Å². The number of hydrogen-bond acceptors (Lipinski definition) is 3. The molecule has 6 heteroatoms. The molecular formula is C24H29ClF2O3. The molecule has 0 radical (unpaired) electrons. The van der Waals surface area contributed by atoms with Crippen LogP contribution < -0.4 is 9.47 Å². The Morgan fingerprint density at radius 1 is 1.00 bits per heavy atom.